The first-order valence-corrected chi connectivity index (χ1v) is 11.6. The van der Waals surface area contributed by atoms with E-state index in [0.717, 1.165) is 22.0 Å². The molecule has 0 spiro atoms. The molecule has 6 heteroatoms. The molecule has 2 heterocycles. The number of carbonyl (C=O) groups is 2. The Morgan fingerprint density at radius 1 is 1.00 bits per heavy atom. The average molecular weight is 453 g/mol. The number of rotatable bonds is 6. The van der Waals surface area contributed by atoms with Crippen LogP contribution in [0.5, 0.6) is 0 Å². The maximum absolute atomic E-state index is 13.3. The van der Waals surface area contributed by atoms with Gasteiger partial charge in [0.15, 0.2) is 0 Å². The number of aromatic amines is 1. The Morgan fingerprint density at radius 2 is 1.79 bits per heavy atom. The number of benzene rings is 3. The van der Waals surface area contributed by atoms with Crippen molar-refractivity contribution in [1.82, 2.24) is 15.6 Å². The molecule has 4 aromatic rings. The van der Waals surface area contributed by atoms with Gasteiger partial charge in [0.05, 0.1) is 6.04 Å². The number of fused-ring (bicyclic) bond motifs is 2. The molecule has 0 unspecified atom stereocenters. The number of H-pyrrole nitrogens is 1. The summed E-state index contributed by atoms with van der Waals surface area (Å²) in [5, 5.41) is 10.4. The van der Waals surface area contributed by atoms with Crippen molar-refractivity contribution >= 4 is 28.4 Å². The zero-order chi connectivity index (χ0) is 23.5. The number of anilines is 1. The molecule has 0 fully saturated rings. The second-order valence-electron chi connectivity index (χ2n) is 8.89. The number of nitrogens with one attached hydrogen (secondary N) is 4. The predicted molar refractivity (Wildman–Crippen MR) is 135 cm³/mol. The van der Waals surface area contributed by atoms with Gasteiger partial charge in [0.1, 0.15) is 6.04 Å². The van der Waals surface area contributed by atoms with Gasteiger partial charge in [-0.3, -0.25) is 9.59 Å². The van der Waals surface area contributed by atoms with Crippen LogP contribution in [0, 0.1) is 6.92 Å². The molecule has 1 aliphatic heterocycles. The van der Waals surface area contributed by atoms with E-state index in [1.807, 2.05) is 73.8 Å². The predicted octanol–water partition coefficient (Wildman–Crippen LogP) is 3.86. The lowest BCUT2D eigenvalue weighted by molar-refractivity contribution is -0.128. The van der Waals surface area contributed by atoms with Crippen molar-refractivity contribution in [2.45, 2.75) is 38.4 Å². The van der Waals surface area contributed by atoms with E-state index >= 15 is 0 Å². The van der Waals surface area contributed by atoms with Crippen molar-refractivity contribution in [3.8, 4) is 0 Å². The van der Waals surface area contributed by atoms with E-state index in [9.17, 15) is 9.59 Å². The van der Waals surface area contributed by atoms with E-state index in [-0.39, 0.29) is 17.9 Å². The first kappa shape index (κ1) is 21.9. The minimum atomic E-state index is -0.716. The molecule has 5 rings (SSSR count). The molecule has 0 saturated carbocycles. The largest absolute Gasteiger partial charge is 0.361 e. The van der Waals surface area contributed by atoms with Crippen LogP contribution in [0.3, 0.4) is 0 Å². The summed E-state index contributed by atoms with van der Waals surface area (Å²) in [4.78, 5) is 29.9. The van der Waals surface area contributed by atoms with Crippen LogP contribution in [0.2, 0.25) is 0 Å². The fourth-order valence-electron chi connectivity index (χ4n) is 4.59. The van der Waals surface area contributed by atoms with Gasteiger partial charge in [-0.1, -0.05) is 54.6 Å². The highest BCUT2D eigenvalue weighted by molar-refractivity contribution is 5.98. The van der Waals surface area contributed by atoms with Crippen LogP contribution in [-0.2, 0) is 29.0 Å². The van der Waals surface area contributed by atoms with Gasteiger partial charge in [-0.15, -0.1) is 0 Å². The molecule has 4 N–H and O–H groups in total. The van der Waals surface area contributed by atoms with Gasteiger partial charge in [0.25, 0.3) is 0 Å². The van der Waals surface area contributed by atoms with E-state index in [2.05, 4.69) is 33.1 Å². The summed E-state index contributed by atoms with van der Waals surface area (Å²) in [6.45, 7) is 2.62. The second kappa shape index (κ2) is 9.53. The van der Waals surface area contributed by atoms with Crippen LogP contribution in [0.1, 0.15) is 22.3 Å². The molecular weight excluding hydrogens is 424 g/mol. The number of amides is 2. The van der Waals surface area contributed by atoms with Crippen LogP contribution in [0.4, 0.5) is 5.69 Å². The molecule has 1 aromatic heterocycles. The number of para-hydroxylation sites is 1. The van der Waals surface area contributed by atoms with Crippen molar-refractivity contribution in [2.75, 3.05) is 5.32 Å². The molecule has 0 bridgehead atoms. The molecule has 172 valence electrons. The number of aromatic nitrogens is 1. The fraction of sp³-hybridized carbons (Fsp3) is 0.214. The fourth-order valence-corrected chi connectivity index (χ4v) is 4.59. The third-order valence-corrected chi connectivity index (χ3v) is 6.42. The zero-order valence-electron chi connectivity index (χ0n) is 19.1. The van der Waals surface area contributed by atoms with Crippen LogP contribution >= 0.6 is 0 Å². The summed E-state index contributed by atoms with van der Waals surface area (Å²) in [7, 11) is 0. The van der Waals surface area contributed by atoms with Gasteiger partial charge in [-0.05, 0) is 53.8 Å². The van der Waals surface area contributed by atoms with Gasteiger partial charge in [-0.25, -0.2) is 0 Å². The first-order valence-electron chi connectivity index (χ1n) is 11.6. The maximum atomic E-state index is 13.3. The van der Waals surface area contributed by atoms with Crippen molar-refractivity contribution in [3.63, 3.8) is 0 Å². The Balaban J connectivity index is 1.37. The van der Waals surface area contributed by atoms with E-state index in [1.54, 1.807) is 0 Å². The Hall–Kier alpha value is -3.90. The number of hydrogen-bond acceptors (Lipinski definition) is 3. The second-order valence-corrected chi connectivity index (χ2v) is 8.89. The van der Waals surface area contributed by atoms with Crippen LogP contribution in [0.25, 0.3) is 10.9 Å². The zero-order valence-corrected chi connectivity index (χ0v) is 19.1. The van der Waals surface area contributed by atoms with Crippen molar-refractivity contribution in [3.05, 3.63) is 101 Å². The molecular formula is C28H28N4O2. The Labute approximate surface area is 198 Å². The lowest BCUT2D eigenvalue weighted by atomic mass is 9.95. The van der Waals surface area contributed by atoms with Crippen LogP contribution in [0.15, 0.2) is 79.0 Å². The van der Waals surface area contributed by atoms with E-state index in [1.165, 1.54) is 11.1 Å². The lowest BCUT2D eigenvalue weighted by Crippen LogP contribution is -2.53. The molecule has 6 nitrogen and oxygen atoms in total. The van der Waals surface area contributed by atoms with Gasteiger partial charge in [0, 0.05) is 35.8 Å². The topological polar surface area (TPSA) is 86.0 Å². The molecule has 1 aliphatic rings. The van der Waals surface area contributed by atoms with E-state index in [0.29, 0.717) is 25.1 Å². The lowest BCUT2D eigenvalue weighted by Gasteiger charge is -2.27. The smallest absolute Gasteiger partial charge is 0.247 e. The highest BCUT2D eigenvalue weighted by Crippen LogP contribution is 2.21. The van der Waals surface area contributed by atoms with E-state index < -0.39 is 6.04 Å². The van der Waals surface area contributed by atoms with Crippen molar-refractivity contribution in [1.29, 1.82) is 0 Å². The minimum Gasteiger partial charge on any atom is -0.361 e. The Bertz CT molecular complexity index is 1340. The standard InChI is InChI=1S/C28H28N4O2/c1-18-7-6-10-22(13-18)31-28(34)26(15-21-17-29-24-12-5-4-11-23(21)24)32-27(33)25-14-19-8-2-3-9-20(19)16-30-25/h2-13,17,25-26,29-30H,14-16H2,1H3,(H,31,34)(H,32,33)/t25-,26-/m0/s1. The highest BCUT2D eigenvalue weighted by Gasteiger charge is 2.29. The average Bonchev–Trinajstić information content (AvgIpc) is 3.26. The molecule has 34 heavy (non-hydrogen) atoms. The number of hydrogen-bond donors (Lipinski definition) is 4. The maximum Gasteiger partial charge on any atom is 0.247 e. The summed E-state index contributed by atoms with van der Waals surface area (Å²) >= 11 is 0. The molecule has 3 aromatic carbocycles. The summed E-state index contributed by atoms with van der Waals surface area (Å²) in [6, 6.07) is 22.7. The molecule has 2 amide bonds. The number of aryl methyl sites for hydroxylation is 1. The minimum absolute atomic E-state index is 0.168. The van der Waals surface area contributed by atoms with Crippen molar-refractivity contribution in [2.24, 2.45) is 0 Å². The third-order valence-electron chi connectivity index (χ3n) is 6.42. The quantitative estimate of drug-likeness (QED) is 0.358. The van der Waals surface area contributed by atoms with Crippen LogP contribution < -0.4 is 16.0 Å². The van der Waals surface area contributed by atoms with Crippen molar-refractivity contribution < 1.29 is 9.59 Å². The summed E-state index contributed by atoms with van der Waals surface area (Å²) in [5.74, 6) is -0.404. The Kier molecular flexibility index (Phi) is 6.14. The molecule has 0 aliphatic carbocycles. The normalized spacial score (nSPS) is 16.0. The third kappa shape index (κ3) is 4.72. The summed E-state index contributed by atoms with van der Waals surface area (Å²) < 4.78 is 0. The SMILES string of the molecule is Cc1cccc(NC(=O)[C@H](Cc2c[nH]c3ccccc23)NC(=O)[C@@H]2Cc3ccccc3CN2)c1. The monoisotopic (exact) mass is 452 g/mol. The van der Waals surface area contributed by atoms with Gasteiger partial charge < -0.3 is 20.9 Å². The molecule has 0 saturated heterocycles. The molecule has 2 atom stereocenters. The van der Waals surface area contributed by atoms with Gasteiger partial charge in [0.2, 0.25) is 11.8 Å². The molecule has 0 radical (unpaired) electrons. The number of carbonyl (C=O) groups excluding carboxylic acids is 2. The van der Waals surface area contributed by atoms with Crippen LogP contribution in [-0.4, -0.2) is 28.9 Å². The highest BCUT2D eigenvalue weighted by atomic mass is 16.2. The summed E-state index contributed by atoms with van der Waals surface area (Å²) in [6.07, 6.45) is 2.90. The van der Waals surface area contributed by atoms with E-state index in [4.69, 9.17) is 0 Å². The Morgan fingerprint density at radius 3 is 2.65 bits per heavy atom. The summed E-state index contributed by atoms with van der Waals surface area (Å²) in [5.41, 5.74) is 6.14. The van der Waals surface area contributed by atoms with Gasteiger partial charge >= 0.3 is 0 Å². The first-order chi connectivity index (χ1) is 16.6. The van der Waals surface area contributed by atoms with Gasteiger partial charge in [-0.2, -0.15) is 0 Å².